The first-order chi connectivity index (χ1) is 9.17. The molecule has 0 radical (unpaired) electrons. The summed E-state index contributed by atoms with van der Waals surface area (Å²) in [5.41, 5.74) is 0.468. The SMILES string of the molecule is CCCC(C)(CNC1CC1)CN(CC)C1CCCC1. The van der Waals surface area contributed by atoms with Crippen LogP contribution in [-0.2, 0) is 0 Å². The van der Waals surface area contributed by atoms with Gasteiger partial charge in [0.2, 0.25) is 0 Å². The average molecular weight is 266 g/mol. The van der Waals surface area contributed by atoms with Crippen molar-refractivity contribution in [2.75, 3.05) is 19.6 Å². The molecule has 0 aliphatic heterocycles. The summed E-state index contributed by atoms with van der Waals surface area (Å²) in [7, 11) is 0. The van der Waals surface area contributed by atoms with Gasteiger partial charge in [0.05, 0.1) is 0 Å². The molecule has 0 saturated heterocycles. The first-order valence-electron chi connectivity index (χ1n) is 8.64. The molecule has 1 atom stereocenters. The van der Waals surface area contributed by atoms with Crippen LogP contribution >= 0.6 is 0 Å². The Morgan fingerprint density at radius 1 is 1.11 bits per heavy atom. The fraction of sp³-hybridized carbons (Fsp3) is 1.00. The van der Waals surface area contributed by atoms with Crippen LogP contribution < -0.4 is 5.32 Å². The second-order valence-corrected chi connectivity index (χ2v) is 7.22. The molecular weight excluding hydrogens is 232 g/mol. The lowest BCUT2D eigenvalue weighted by Crippen LogP contribution is -2.46. The van der Waals surface area contributed by atoms with E-state index in [1.54, 1.807) is 0 Å². The van der Waals surface area contributed by atoms with Gasteiger partial charge in [-0.3, -0.25) is 0 Å². The van der Waals surface area contributed by atoms with E-state index in [0.717, 1.165) is 12.1 Å². The predicted molar refractivity (Wildman–Crippen MR) is 83.5 cm³/mol. The highest BCUT2D eigenvalue weighted by molar-refractivity contribution is 4.89. The predicted octanol–water partition coefficient (Wildman–Crippen LogP) is 3.81. The van der Waals surface area contributed by atoms with Gasteiger partial charge in [-0.2, -0.15) is 0 Å². The lowest BCUT2D eigenvalue weighted by Gasteiger charge is -2.38. The Labute approximate surface area is 120 Å². The number of nitrogens with one attached hydrogen (secondary N) is 1. The van der Waals surface area contributed by atoms with Crippen molar-refractivity contribution in [3.05, 3.63) is 0 Å². The highest BCUT2D eigenvalue weighted by Gasteiger charge is 2.32. The number of nitrogens with zero attached hydrogens (tertiary/aromatic N) is 1. The van der Waals surface area contributed by atoms with Crippen LogP contribution in [-0.4, -0.2) is 36.6 Å². The first kappa shape index (κ1) is 15.3. The van der Waals surface area contributed by atoms with E-state index in [1.807, 2.05) is 0 Å². The topological polar surface area (TPSA) is 15.3 Å². The maximum Gasteiger partial charge on any atom is 0.00953 e. The minimum atomic E-state index is 0.468. The van der Waals surface area contributed by atoms with Gasteiger partial charge in [-0.1, -0.05) is 40.0 Å². The van der Waals surface area contributed by atoms with E-state index in [-0.39, 0.29) is 0 Å². The van der Waals surface area contributed by atoms with E-state index >= 15 is 0 Å². The van der Waals surface area contributed by atoms with Crippen molar-refractivity contribution in [2.45, 2.75) is 84.2 Å². The van der Waals surface area contributed by atoms with Crippen molar-refractivity contribution >= 4 is 0 Å². The molecule has 112 valence electrons. The molecule has 2 aliphatic rings. The van der Waals surface area contributed by atoms with Crippen molar-refractivity contribution in [3.63, 3.8) is 0 Å². The first-order valence-corrected chi connectivity index (χ1v) is 8.64. The third-order valence-electron chi connectivity index (χ3n) is 5.08. The third kappa shape index (κ3) is 4.75. The molecule has 0 amide bonds. The lowest BCUT2D eigenvalue weighted by molar-refractivity contribution is 0.116. The van der Waals surface area contributed by atoms with Gasteiger partial charge in [-0.25, -0.2) is 0 Å². The molecule has 0 spiro atoms. The molecule has 0 aromatic heterocycles. The highest BCUT2D eigenvalue weighted by atomic mass is 15.2. The molecule has 2 nitrogen and oxygen atoms in total. The van der Waals surface area contributed by atoms with Gasteiger partial charge in [0.25, 0.3) is 0 Å². The summed E-state index contributed by atoms with van der Waals surface area (Å²) >= 11 is 0. The molecule has 2 rings (SSSR count). The van der Waals surface area contributed by atoms with Crippen LogP contribution in [0.5, 0.6) is 0 Å². The van der Waals surface area contributed by atoms with Gasteiger partial charge >= 0.3 is 0 Å². The molecule has 1 N–H and O–H groups in total. The van der Waals surface area contributed by atoms with E-state index in [9.17, 15) is 0 Å². The van der Waals surface area contributed by atoms with Gasteiger partial charge < -0.3 is 10.2 Å². The smallest absolute Gasteiger partial charge is 0.00953 e. The van der Waals surface area contributed by atoms with Crippen molar-refractivity contribution in [2.24, 2.45) is 5.41 Å². The van der Waals surface area contributed by atoms with Crippen LogP contribution in [0.15, 0.2) is 0 Å². The molecule has 2 saturated carbocycles. The number of hydrogen-bond acceptors (Lipinski definition) is 2. The number of hydrogen-bond donors (Lipinski definition) is 1. The Hall–Kier alpha value is -0.0800. The molecule has 0 bridgehead atoms. The largest absolute Gasteiger partial charge is 0.313 e. The molecule has 0 aromatic rings. The van der Waals surface area contributed by atoms with Crippen LogP contribution in [0, 0.1) is 5.41 Å². The molecule has 0 heterocycles. The van der Waals surface area contributed by atoms with Gasteiger partial charge in [-0.05, 0) is 44.1 Å². The quantitative estimate of drug-likeness (QED) is 0.683. The second kappa shape index (κ2) is 7.08. The van der Waals surface area contributed by atoms with E-state index in [1.165, 1.54) is 71.0 Å². The van der Waals surface area contributed by atoms with Crippen molar-refractivity contribution in [3.8, 4) is 0 Å². The third-order valence-corrected chi connectivity index (χ3v) is 5.08. The van der Waals surface area contributed by atoms with Crippen LogP contribution in [0.1, 0.15) is 72.1 Å². The van der Waals surface area contributed by atoms with Gasteiger partial charge in [-0.15, -0.1) is 0 Å². The van der Waals surface area contributed by atoms with E-state index < -0.39 is 0 Å². The minimum Gasteiger partial charge on any atom is -0.313 e. The van der Waals surface area contributed by atoms with Gasteiger partial charge in [0, 0.05) is 25.2 Å². The summed E-state index contributed by atoms with van der Waals surface area (Å²) < 4.78 is 0. The van der Waals surface area contributed by atoms with Crippen LogP contribution in [0.4, 0.5) is 0 Å². The summed E-state index contributed by atoms with van der Waals surface area (Å²) in [6, 6.07) is 1.72. The normalized spacial score (nSPS) is 24.0. The molecule has 19 heavy (non-hydrogen) atoms. The molecule has 2 aliphatic carbocycles. The average Bonchev–Trinajstić information content (AvgIpc) is 3.07. The van der Waals surface area contributed by atoms with E-state index in [4.69, 9.17) is 0 Å². The van der Waals surface area contributed by atoms with Crippen LogP contribution in [0.3, 0.4) is 0 Å². The Bertz CT molecular complexity index is 256. The van der Waals surface area contributed by atoms with Gasteiger partial charge in [0.15, 0.2) is 0 Å². The maximum absolute atomic E-state index is 3.78. The lowest BCUT2D eigenvalue weighted by atomic mass is 9.84. The van der Waals surface area contributed by atoms with Crippen molar-refractivity contribution in [1.29, 1.82) is 0 Å². The zero-order valence-corrected chi connectivity index (χ0v) is 13.4. The standard InChI is InChI=1S/C17H34N2/c1-4-12-17(3,13-18-15-10-11-15)14-19(5-2)16-8-6-7-9-16/h15-16,18H,4-14H2,1-3H3. The summed E-state index contributed by atoms with van der Waals surface area (Å²) in [6.45, 7) is 10.9. The Morgan fingerprint density at radius 3 is 2.32 bits per heavy atom. The van der Waals surface area contributed by atoms with E-state index in [2.05, 4.69) is 31.0 Å². The van der Waals surface area contributed by atoms with Crippen LogP contribution in [0.2, 0.25) is 0 Å². The Morgan fingerprint density at radius 2 is 1.79 bits per heavy atom. The molecular formula is C17H34N2. The van der Waals surface area contributed by atoms with Crippen molar-refractivity contribution in [1.82, 2.24) is 10.2 Å². The van der Waals surface area contributed by atoms with Crippen molar-refractivity contribution < 1.29 is 0 Å². The molecule has 0 aromatic carbocycles. The fourth-order valence-electron chi connectivity index (χ4n) is 3.76. The summed E-state index contributed by atoms with van der Waals surface area (Å²) in [6.07, 6.45) is 11.3. The Balaban J connectivity index is 1.87. The minimum absolute atomic E-state index is 0.468. The Kier molecular flexibility index (Phi) is 5.70. The number of rotatable bonds is 9. The highest BCUT2D eigenvalue weighted by Crippen LogP contribution is 2.30. The van der Waals surface area contributed by atoms with E-state index in [0.29, 0.717) is 5.41 Å². The second-order valence-electron chi connectivity index (χ2n) is 7.22. The summed E-state index contributed by atoms with van der Waals surface area (Å²) in [4.78, 5) is 2.78. The zero-order chi connectivity index (χ0) is 13.7. The summed E-state index contributed by atoms with van der Waals surface area (Å²) in [5.74, 6) is 0. The monoisotopic (exact) mass is 266 g/mol. The maximum atomic E-state index is 3.78. The zero-order valence-electron chi connectivity index (χ0n) is 13.4. The molecule has 2 fully saturated rings. The van der Waals surface area contributed by atoms with Crippen LogP contribution in [0.25, 0.3) is 0 Å². The summed E-state index contributed by atoms with van der Waals surface area (Å²) in [5, 5.41) is 3.78. The molecule has 1 unspecified atom stereocenters. The fourth-order valence-corrected chi connectivity index (χ4v) is 3.76. The molecule has 2 heteroatoms. The van der Waals surface area contributed by atoms with Gasteiger partial charge in [0.1, 0.15) is 0 Å².